The third-order valence-corrected chi connectivity index (χ3v) is 6.12. The van der Waals surface area contributed by atoms with Gasteiger partial charge in [0.1, 0.15) is 23.7 Å². The lowest BCUT2D eigenvalue weighted by atomic mass is 9.79. The molecule has 2 aromatic rings. The highest BCUT2D eigenvalue weighted by Gasteiger charge is 2.54. The van der Waals surface area contributed by atoms with Crippen molar-refractivity contribution in [1.82, 2.24) is 9.97 Å². The summed E-state index contributed by atoms with van der Waals surface area (Å²) >= 11 is 1.27. The molecule has 0 aliphatic carbocycles. The van der Waals surface area contributed by atoms with Crippen LogP contribution in [0.15, 0.2) is 35.6 Å². The van der Waals surface area contributed by atoms with E-state index < -0.39 is 42.8 Å². The zero-order valence-corrected chi connectivity index (χ0v) is 16.9. The van der Waals surface area contributed by atoms with Crippen LogP contribution < -0.4 is 15.8 Å². The van der Waals surface area contributed by atoms with Crippen LogP contribution in [-0.4, -0.2) is 53.0 Å². The van der Waals surface area contributed by atoms with Gasteiger partial charge in [-0.2, -0.15) is 0 Å². The second kappa shape index (κ2) is 8.71. The highest BCUT2D eigenvalue weighted by molar-refractivity contribution is 8.13. The van der Waals surface area contributed by atoms with E-state index in [-0.39, 0.29) is 34.6 Å². The van der Waals surface area contributed by atoms with Crippen LogP contribution in [0.3, 0.4) is 0 Å². The average Bonchev–Trinajstić information content (AvgIpc) is 3.14. The van der Waals surface area contributed by atoms with Crippen molar-refractivity contribution < 1.29 is 27.4 Å². The number of anilines is 1. The molecule has 1 saturated heterocycles. The Labute approximate surface area is 179 Å². The molecule has 8 nitrogen and oxygen atoms in total. The van der Waals surface area contributed by atoms with Crippen molar-refractivity contribution in [2.75, 3.05) is 31.2 Å². The zero-order chi connectivity index (χ0) is 22.0. The lowest BCUT2D eigenvalue weighted by Crippen LogP contribution is -2.42. The maximum Gasteiger partial charge on any atom is 0.275 e. The highest BCUT2D eigenvalue weighted by Crippen LogP contribution is 2.48. The summed E-state index contributed by atoms with van der Waals surface area (Å²) in [5.74, 6) is -1.23. The van der Waals surface area contributed by atoms with Gasteiger partial charge in [-0.05, 0) is 18.2 Å². The summed E-state index contributed by atoms with van der Waals surface area (Å²) in [6.45, 7) is -1.82. The summed E-state index contributed by atoms with van der Waals surface area (Å²) < 4.78 is 50.6. The highest BCUT2D eigenvalue weighted by atomic mass is 32.2. The van der Waals surface area contributed by atoms with Crippen molar-refractivity contribution in [3.63, 3.8) is 0 Å². The number of hydrogen-bond donors (Lipinski definition) is 2. The van der Waals surface area contributed by atoms with Crippen LogP contribution in [0.2, 0.25) is 0 Å². The number of hydrogen-bond acceptors (Lipinski definition) is 8. The van der Waals surface area contributed by atoms with E-state index in [1.54, 1.807) is 0 Å². The average molecular weight is 453 g/mol. The number of carbonyl (C=O) groups is 1. The number of carbonyl (C=O) groups excluding carboxylic acids is 1. The molecule has 3 N–H and O–H groups in total. The Balaban J connectivity index is 1.63. The number of halogens is 3. The molecule has 0 radical (unpaired) electrons. The lowest BCUT2D eigenvalue weighted by molar-refractivity contribution is 0.0721. The summed E-state index contributed by atoms with van der Waals surface area (Å²) in [5, 5.41) is 2.87. The summed E-state index contributed by atoms with van der Waals surface area (Å²) in [6.07, 6.45) is 1.51. The number of thioether (sulfide) groups is 1. The molecule has 1 aromatic carbocycles. The number of aliphatic imine (C=N–C) groups is 1. The Hall–Kier alpha value is -2.86. The molecule has 4 rings (SSSR count). The molecule has 31 heavy (non-hydrogen) atoms. The normalized spacial score (nSPS) is 24.9. The fourth-order valence-electron chi connectivity index (χ4n) is 3.71. The van der Waals surface area contributed by atoms with Gasteiger partial charge >= 0.3 is 0 Å². The summed E-state index contributed by atoms with van der Waals surface area (Å²) in [6, 6.07) is 4.01. The van der Waals surface area contributed by atoms with Crippen LogP contribution in [0.5, 0.6) is 5.88 Å². The number of rotatable bonds is 6. The van der Waals surface area contributed by atoms with E-state index in [4.69, 9.17) is 10.5 Å². The van der Waals surface area contributed by atoms with Crippen LogP contribution in [0.4, 0.5) is 18.9 Å². The molecule has 1 aromatic heterocycles. The number of fused-ring (bicyclic) bond motifs is 1. The van der Waals surface area contributed by atoms with E-state index >= 15 is 0 Å². The lowest BCUT2D eigenvalue weighted by Gasteiger charge is -2.35. The van der Waals surface area contributed by atoms with Gasteiger partial charge in [0.15, 0.2) is 5.17 Å². The molecule has 3 atom stereocenters. The Morgan fingerprint density at radius 2 is 2.19 bits per heavy atom. The van der Waals surface area contributed by atoms with Gasteiger partial charge in [0.25, 0.3) is 5.91 Å². The Morgan fingerprint density at radius 3 is 2.90 bits per heavy atom. The van der Waals surface area contributed by atoms with Gasteiger partial charge in [0.05, 0.1) is 25.1 Å². The van der Waals surface area contributed by atoms with Crippen molar-refractivity contribution in [2.45, 2.75) is 11.6 Å². The molecule has 0 bridgehead atoms. The molecule has 2 aliphatic heterocycles. The summed E-state index contributed by atoms with van der Waals surface area (Å²) in [5.41, 5.74) is 5.11. The molecular formula is C19H18F3N5O3S. The number of amides is 1. The van der Waals surface area contributed by atoms with Gasteiger partial charge in [-0.3, -0.25) is 4.79 Å². The largest absolute Gasteiger partial charge is 0.445 e. The SMILES string of the molecule is NC1=NC2(c3cc(NC(=O)c4cnc(OCF)cn4)ccc3F)COC(CF)C2CS1. The first-order valence-corrected chi connectivity index (χ1v) is 10.2. The number of ether oxygens (including phenoxy) is 2. The van der Waals surface area contributed by atoms with Gasteiger partial charge in [-0.1, -0.05) is 11.8 Å². The minimum atomic E-state index is -1.18. The number of benzene rings is 1. The molecule has 2 aliphatic rings. The van der Waals surface area contributed by atoms with Crippen LogP contribution in [0.1, 0.15) is 16.1 Å². The fourth-order valence-corrected chi connectivity index (χ4v) is 4.78. The maximum atomic E-state index is 14.9. The first-order chi connectivity index (χ1) is 15.0. The van der Waals surface area contributed by atoms with Gasteiger partial charge in [0.2, 0.25) is 12.7 Å². The van der Waals surface area contributed by atoms with Crippen LogP contribution >= 0.6 is 11.8 Å². The molecule has 1 amide bonds. The van der Waals surface area contributed by atoms with E-state index in [0.717, 1.165) is 12.4 Å². The zero-order valence-electron chi connectivity index (χ0n) is 16.1. The molecule has 0 spiro atoms. The Morgan fingerprint density at radius 1 is 1.35 bits per heavy atom. The topological polar surface area (TPSA) is 112 Å². The first kappa shape index (κ1) is 21.4. The second-order valence-electron chi connectivity index (χ2n) is 6.94. The molecule has 1 fully saturated rings. The van der Waals surface area contributed by atoms with Gasteiger partial charge in [-0.15, -0.1) is 0 Å². The maximum absolute atomic E-state index is 14.9. The third-order valence-electron chi connectivity index (χ3n) is 5.21. The number of aromatic nitrogens is 2. The first-order valence-electron chi connectivity index (χ1n) is 9.24. The molecular weight excluding hydrogens is 435 g/mol. The minimum Gasteiger partial charge on any atom is -0.445 e. The number of amidine groups is 1. The standard InChI is InChI=1S/C19H18F3N5O3S/c20-4-15-12-7-31-18(23)27-19(12,8-29-15)11-3-10(1-2-13(11)22)26-17(28)14-5-25-16(6-24-14)30-9-21/h1-3,5-6,12,15H,4,7-9H2,(H2,23,27)(H,26,28). The van der Waals surface area contributed by atoms with E-state index in [9.17, 15) is 18.0 Å². The van der Waals surface area contributed by atoms with E-state index in [1.165, 1.54) is 30.0 Å². The van der Waals surface area contributed by atoms with Crippen molar-refractivity contribution in [3.8, 4) is 5.88 Å². The van der Waals surface area contributed by atoms with Crippen molar-refractivity contribution in [1.29, 1.82) is 0 Å². The van der Waals surface area contributed by atoms with Gasteiger partial charge in [0, 0.05) is 22.9 Å². The van der Waals surface area contributed by atoms with E-state index in [2.05, 4.69) is 25.0 Å². The summed E-state index contributed by atoms with van der Waals surface area (Å²) in [4.78, 5) is 24.6. The van der Waals surface area contributed by atoms with Gasteiger partial charge < -0.3 is 20.5 Å². The second-order valence-corrected chi connectivity index (χ2v) is 7.98. The molecule has 0 saturated carbocycles. The third kappa shape index (κ3) is 4.04. The molecule has 164 valence electrons. The van der Waals surface area contributed by atoms with Crippen LogP contribution in [0, 0.1) is 11.7 Å². The van der Waals surface area contributed by atoms with Crippen molar-refractivity contribution in [2.24, 2.45) is 16.6 Å². The summed E-state index contributed by atoms with van der Waals surface area (Å²) in [7, 11) is 0. The molecule has 12 heteroatoms. The Kier molecular flexibility index (Phi) is 6.01. The Bertz CT molecular complexity index is 1010. The predicted molar refractivity (Wildman–Crippen MR) is 108 cm³/mol. The minimum absolute atomic E-state index is 0.0245. The number of nitrogens with one attached hydrogen (secondary N) is 1. The molecule has 3 heterocycles. The monoisotopic (exact) mass is 453 g/mol. The quantitative estimate of drug-likeness (QED) is 0.691. The van der Waals surface area contributed by atoms with E-state index in [1.807, 2.05) is 0 Å². The predicted octanol–water partition coefficient (Wildman–Crippen LogP) is 2.42. The van der Waals surface area contributed by atoms with Crippen molar-refractivity contribution >= 4 is 28.5 Å². The van der Waals surface area contributed by atoms with Crippen molar-refractivity contribution in [3.05, 3.63) is 47.7 Å². The van der Waals surface area contributed by atoms with Crippen LogP contribution in [0.25, 0.3) is 0 Å². The van der Waals surface area contributed by atoms with Gasteiger partial charge in [-0.25, -0.2) is 28.1 Å². The number of alkyl halides is 2. The smallest absolute Gasteiger partial charge is 0.275 e. The van der Waals surface area contributed by atoms with Crippen LogP contribution in [-0.2, 0) is 10.3 Å². The molecule has 3 unspecified atom stereocenters. The fraction of sp³-hybridized carbons (Fsp3) is 0.368. The van der Waals surface area contributed by atoms with E-state index in [0.29, 0.717) is 5.75 Å². The number of nitrogens with zero attached hydrogens (tertiary/aromatic N) is 3. The number of nitrogens with two attached hydrogens (primary N) is 1.